The van der Waals surface area contributed by atoms with E-state index in [4.69, 9.17) is 0 Å². The molecule has 8 heteroatoms. The minimum Gasteiger partial charge on any atom is -0.337 e. The standard InChI is InChI=1S/C21H23FN4O3/c1-24(2)21(29)26-11-14-10-25(20(28)17-7-4-8-18(27)23-17)12-16(14)19(26)13-5-3-6-15(22)9-13/h3-9,14,16,19H,10-12H2,1-2H3,(H,23,27)/t14-,16-,19+/m1/s1. The molecule has 0 aliphatic carbocycles. The summed E-state index contributed by atoms with van der Waals surface area (Å²) in [4.78, 5) is 44.7. The molecule has 0 spiro atoms. The molecule has 0 bridgehead atoms. The van der Waals surface area contributed by atoms with Gasteiger partial charge in [-0.25, -0.2) is 9.18 Å². The van der Waals surface area contributed by atoms with Gasteiger partial charge in [0, 0.05) is 51.6 Å². The first-order valence-corrected chi connectivity index (χ1v) is 9.57. The van der Waals surface area contributed by atoms with Crippen molar-refractivity contribution in [3.63, 3.8) is 0 Å². The van der Waals surface area contributed by atoms with Crippen LogP contribution in [0.4, 0.5) is 9.18 Å². The number of halogens is 1. The van der Waals surface area contributed by atoms with Gasteiger partial charge in [0.25, 0.3) is 5.91 Å². The number of nitrogens with one attached hydrogen (secondary N) is 1. The zero-order valence-electron chi connectivity index (χ0n) is 16.3. The molecule has 0 saturated carbocycles. The Bertz CT molecular complexity index is 1010. The van der Waals surface area contributed by atoms with Crippen molar-refractivity contribution in [2.24, 2.45) is 11.8 Å². The minimum atomic E-state index is -0.351. The number of hydrogen-bond acceptors (Lipinski definition) is 3. The van der Waals surface area contributed by atoms with Crippen molar-refractivity contribution in [2.75, 3.05) is 33.7 Å². The molecule has 152 valence electrons. The van der Waals surface area contributed by atoms with Gasteiger partial charge in [-0.05, 0) is 23.8 Å². The average Bonchev–Trinajstić information content (AvgIpc) is 3.24. The quantitative estimate of drug-likeness (QED) is 0.840. The minimum absolute atomic E-state index is 0.0000779. The molecule has 29 heavy (non-hydrogen) atoms. The predicted molar refractivity (Wildman–Crippen MR) is 105 cm³/mol. The fraction of sp³-hybridized carbons (Fsp3) is 0.381. The zero-order chi connectivity index (χ0) is 20.7. The molecule has 2 aliphatic heterocycles. The summed E-state index contributed by atoms with van der Waals surface area (Å²) in [6.07, 6.45) is 0. The van der Waals surface area contributed by atoms with Crippen LogP contribution in [0, 0.1) is 17.7 Å². The number of pyridine rings is 1. The van der Waals surface area contributed by atoms with Crippen molar-refractivity contribution < 1.29 is 14.0 Å². The normalized spacial score (nSPS) is 23.2. The molecule has 1 aromatic carbocycles. The number of aromatic amines is 1. The maximum atomic E-state index is 13.9. The van der Waals surface area contributed by atoms with Gasteiger partial charge in [-0.15, -0.1) is 0 Å². The second-order valence-electron chi connectivity index (χ2n) is 7.89. The number of likely N-dealkylation sites (tertiary alicyclic amines) is 2. The molecular formula is C21H23FN4O3. The number of aromatic nitrogens is 1. The van der Waals surface area contributed by atoms with E-state index in [-0.39, 0.29) is 46.9 Å². The molecule has 2 fully saturated rings. The van der Waals surface area contributed by atoms with Gasteiger partial charge in [-0.3, -0.25) is 9.59 Å². The first-order valence-electron chi connectivity index (χ1n) is 9.57. The van der Waals surface area contributed by atoms with Crippen LogP contribution >= 0.6 is 0 Å². The van der Waals surface area contributed by atoms with E-state index >= 15 is 0 Å². The SMILES string of the molecule is CN(C)C(=O)N1C[C@H]2CN(C(=O)c3cccc(=O)[nH]3)C[C@H]2[C@@H]1c1cccc(F)c1. The Labute approximate surface area is 167 Å². The maximum absolute atomic E-state index is 13.9. The number of rotatable bonds is 2. The maximum Gasteiger partial charge on any atom is 0.320 e. The van der Waals surface area contributed by atoms with Gasteiger partial charge in [-0.1, -0.05) is 18.2 Å². The van der Waals surface area contributed by atoms with Crippen molar-refractivity contribution in [1.82, 2.24) is 19.7 Å². The van der Waals surface area contributed by atoms with Crippen LogP contribution in [0.2, 0.25) is 0 Å². The molecule has 3 heterocycles. The third kappa shape index (κ3) is 3.50. The fourth-order valence-electron chi connectivity index (χ4n) is 4.53. The number of urea groups is 1. The molecule has 0 radical (unpaired) electrons. The Morgan fingerprint density at radius 2 is 1.86 bits per heavy atom. The van der Waals surface area contributed by atoms with Gasteiger partial charge in [0.1, 0.15) is 11.5 Å². The van der Waals surface area contributed by atoms with Crippen molar-refractivity contribution >= 4 is 11.9 Å². The van der Waals surface area contributed by atoms with Crippen molar-refractivity contribution in [1.29, 1.82) is 0 Å². The van der Waals surface area contributed by atoms with Crippen LogP contribution in [0.5, 0.6) is 0 Å². The van der Waals surface area contributed by atoms with Crippen LogP contribution in [-0.4, -0.2) is 65.4 Å². The predicted octanol–water partition coefficient (Wildman–Crippen LogP) is 1.94. The van der Waals surface area contributed by atoms with Crippen LogP contribution in [0.3, 0.4) is 0 Å². The van der Waals surface area contributed by atoms with E-state index in [2.05, 4.69) is 4.98 Å². The summed E-state index contributed by atoms with van der Waals surface area (Å²) in [5, 5.41) is 0. The van der Waals surface area contributed by atoms with Crippen LogP contribution in [0.25, 0.3) is 0 Å². The van der Waals surface area contributed by atoms with E-state index in [0.29, 0.717) is 19.6 Å². The molecule has 1 aromatic heterocycles. The number of H-pyrrole nitrogens is 1. The Hall–Kier alpha value is -3.16. The lowest BCUT2D eigenvalue weighted by Gasteiger charge is -2.31. The topological polar surface area (TPSA) is 76.7 Å². The summed E-state index contributed by atoms with van der Waals surface area (Å²) in [6, 6.07) is 10.4. The summed E-state index contributed by atoms with van der Waals surface area (Å²) in [7, 11) is 3.39. The highest BCUT2D eigenvalue weighted by Gasteiger charge is 2.50. The Kier molecular flexibility index (Phi) is 4.86. The number of benzene rings is 1. The van der Waals surface area contributed by atoms with E-state index in [9.17, 15) is 18.8 Å². The monoisotopic (exact) mass is 398 g/mol. The van der Waals surface area contributed by atoms with Crippen LogP contribution in [0.1, 0.15) is 22.1 Å². The van der Waals surface area contributed by atoms with Crippen LogP contribution in [-0.2, 0) is 0 Å². The second kappa shape index (κ2) is 7.35. The molecule has 2 aromatic rings. The summed E-state index contributed by atoms with van der Waals surface area (Å²) in [5.41, 5.74) is 0.659. The van der Waals surface area contributed by atoms with Gasteiger partial charge in [0.15, 0.2) is 0 Å². The highest BCUT2D eigenvalue weighted by atomic mass is 19.1. The van der Waals surface area contributed by atoms with Crippen LogP contribution in [0.15, 0.2) is 47.3 Å². The van der Waals surface area contributed by atoms with Gasteiger partial charge < -0.3 is 19.7 Å². The van der Waals surface area contributed by atoms with Gasteiger partial charge in [0.05, 0.1) is 6.04 Å². The summed E-state index contributed by atoms with van der Waals surface area (Å²) >= 11 is 0. The van der Waals surface area contributed by atoms with E-state index in [1.165, 1.54) is 23.1 Å². The largest absolute Gasteiger partial charge is 0.337 e. The van der Waals surface area contributed by atoms with Crippen LogP contribution < -0.4 is 5.56 Å². The number of hydrogen-bond donors (Lipinski definition) is 1. The van der Waals surface area contributed by atoms with Gasteiger partial charge >= 0.3 is 6.03 Å². The highest BCUT2D eigenvalue weighted by Crippen LogP contribution is 2.45. The molecule has 3 atom stereocenters. The molecule has 1 N–H and O–H groups in total. The number of fused-ring (bicyclic) bond motifs is 1. The summed E-state index contributed by atoms with van der Waals surface area (Å²) in [5.74, 6) is -0.497. The van der Waals surface area contributed by atoms with E-state index < -0.39 is 0 Å². The average molecular weight is 398 g/mol. The number of nitrogens with zero attached hydrogens (tertiary/aromatic N) is 3. The van der Waals surface area contributed by atoms with Crippen molar-refractivity contribution in [3.8, 4) is 0 Å². The lowest BCUT2D eigenvalue weighted by molar-refractivity contribution is 0.0760. The number of amides is 3. The lowest BCUT2D eigenvalue weighted by Crippen LogP contribution is -2.42. The second-order valence-corrected chi connectivity index (χ2v) is 7.89. The molecule has 0 unspecified atom stereocenters. The zero-order valence-corrected chi connectivity index (χ0v) is 16.3. The Morgan fingerprint density at radius 1 is 1.10 bits per heavy atom. The third-order valence-electron chi connectivity index (χ3n) is 5.77. The highest BCUT2D eigenvalue weighted by molar-refractivity contribution is 5.92. The fourth-order valence-corrected chi connectivity index (χ4v) is 4.53. The first kappa shape index (κ1) is 19.2. The van der Waals surface area contributed by atoms with Crippen molar-refractivity contribution in [2.45, 2.75) is 6.04 Å². The molecule has 2 aliphatic rings. The van der Waals surface area contributed by atoms with E-state index in [0.717, 1.165) is 5.56 Å². The lowest BCUT2D eigenvalue weighted by atomic mass is 9.89. The number of carbonyl (C=O) groups is 2. The van der Waals surface area contributed by atoms with E-state index in [1.54, 1.807) is 42.1 Å². The van der Waals surface area contributed by atoms with Gasteiger partial charge in [-0.2, -0.15) is 0 Å². The van der Waals surface area contributed by atoms with Gasteiger partial charge in [0.2, 0.25) is 5.56 Å². The van der Waals surface area contributed by atoms with E-state index in [1.807, 2.05) is 6.07 Å². The van der Waals surface area contributed by atoms with Crippen molar-refractivity contribution in [3.05, 3.63) is 69.9 Å². The summed E-state index contributed by atoms with van der Waals surface area (Å²) in [6.45, 7) is 1.43. The number of carbonyl (C=O) groups excluding carboxylic acids is 2. The Balaban J connectivity index is 1.63. The first-order chi connectivity index (χ1) is 13.8. The smallest absolute Gasteiger partial charge is 0.320 e. The molecule has 3 amide bonds. The third-order valence-corrected chi connectivity index (χ3v) is 5.77. The summed E-state index contributed by atoms with van der Waals surface area (Å²) < 4.78 is 13.9. The Morgan fingerprint density at radius 3 is 2.55 bits per heavy atom. The molecule has 2 saturated heterocycles. The molecular weight excluding hydrogens is 375 g/mol. The molecule has 4 rings (SSSR count). The molecule has 7 nitrogen and oxygen atoms in total.